The fraction of sp³-hybridized carbons (Fsp3) is 0.286. The Labute approximate surface area is 64.3 Å². The average Bonchev–Trinajstić information content (AvgIpc) is 2.01. The van der Waals surface area contributed by atoms with Crippen LogP contribution in [0.4, 0.5) is 0 Å². The molecule has 0 radical (unpaired) electrons. The summed E-state index contributed by atoms with van der Waals surface area (Å²) in [5, 5.41) is 2.40. The molecule has 1 N–H and O–H groups in total. The highest BCUT2D eigenvalue weighted by Gasteiger charge is 1.91. The Morgan fingerprint density at radius 2 is 2.09 bits per heavy atom. The Morgan fingerprint density at radius 1 is 1.36 bits per heavy atom. The van der Waals surface area contributed by atoms with Gasteiger partial charge in [0.25, 0.3) is 0 Å². The van der Waals surface area contributed by atoms with Crippen LogP contribution >= 0.6 is 0 Å². The number of amides is 1. The lowest BCUT2D eigenvalue weighted by Gasteiger charge is -1.94. The van der Waals surface area contributed by atoms with E-state index in [-0.39, 0.29) is 5.91 Å². The second kappa shape index (κ2) is 6.67. The number of rotatable bonds is 5. The van der Waals surface area contributed by atoms with E-state index in [0.717, 1.165) is 12.2 Å². The van der Waals surface area contributed by atoms with Crippen molar-refractivity contribution in [3.63, 3.8) is 0 Å². The van der Waals surface area contributed by atoms with Gasteiger partial charge >= 0.3 is 0 Å². The van der Waals surface area contributed by atoms with Gasteiger partial charge in [-0.05, 0) is 6.08 Å². The molecule has 0 saturated carbocycles. The number of aldehydes is 2. The van der Waals surface area contributed by atoms with Crippen molar-refractivity contribution in [3.8, 4) is 0 Å². The predicted molar refractivity (Wildman–Crippen MR) is 38.9 cm³/mol. The Bertz CT molecular complexity index is 175. The molecule has 0 rings (SSSR count). The SMILES string of the molecule is O=C/C=C\C(=O)NCCC=O. The van der Waals surface area contributed by atoms with Crippen LogP contribution in [0.2, 0.25) is 0 Å². The molecule has 0 bridgehead atoms. The summed E-state index contributed by atoms with van der Waals surface area (Å²) >= 11 is 0. The normalized spacial score (nSPS) is 9.45. The largest absolute Gasteiger partial charge is 0.352 e. The molecule has 0 saturated heterocycles. The summed E-state index contributed by atoms with van der Waals surface area (Å²) in [6, 6.07) is 0. The zero-order chi connectivity index (χ0) is 8.53. The van der Waals surface area contributed by atoms with E-state index >= 15 is 0 Å². The second-order valence-electron chi connectivity index (χ2n) is 1.74. The Kier molecular flexibility index (Phi) is 5.79. The lowest BCUT2D eigenvalue weighted by Crippen LogP contribution is -2.22. The summed E-state index contributed by atoms with van der Waals surface area (Å²) in [5.41, 5.74) is 0. The van der Waals surface area contributed by atoms with Crippen LogP contribution in [-0.2, 0) is 14.4 Å². The van der Waals surface area contributed by atoms with E-state index in [0.29, 0.717) is 25.5 Å². The molecule has 0 aliphatic carbocycles. The van der Waals surface area contributed by atoms with E-state index in [1.807, 2.05) is 0 Å². The molecule has 4 nitrogen and oxygen atoms in total. The first kappa shape index (κ1) is 9.55. The number of carbonyl (C=O) groups excluding carboxylic acids is 3. The molecule has 4 heteroatoms. The molecule has 0 aromatic rings. The standard InChI is InChI=1S/C7H9NO3/c9-5-1-3-7(11)8-4-2-6-10/h1,3,5-6H,2,4H2,(H,8,11)/b3-1-. The van der Waals surface area contributed by atoms with E-state index in [2.05, 4.69) is 5.32 Å². The molecule has 11 heavy (non-hydrogen) atoms. The number of allylic oxidation sites excluding steroid dienone is 1. The van der Waals surface area contributed by atoms with Crippen LogP contribution in [0, 0.1) is 0 Å². The minimum absolute atomic E-state index is 0.292. The van der Waals surface area contributed by atoms with Gasteiger partial charge < -0.3 is 10.1 Å². The van der Waals surface area contributed by atoms with Crippen molar-refractivity contribution in [2.24, 2.45) is 0 Å². The molecule has 0 aromatic heterocycles. The van der Waals surface area contributed by atoms with E-state index in [1.54, 1.807) is 0 Å². The van der Waals surface area contributed by atoms with Crippen molar-refractivity contribution in [2.75, 3.05) is 6.54 Å². The Morgan fingerprint density at radius 3 is 2.64 bits per heavy atom. The molecule has 1 amide bonds. The highest BCUT2D eigenvalue weighted by atomic mass is 16.1. The molecule has 0 atom stereocenters. The van der Waals surface area contributed by atoms with Gasteiger partial charge in [0.2, 0.25) is 5.91 Å². The van der Waals surface area contributed by atoms with Gasteiger partial charge in [-0.2, -0.15) is 0 Å². The summed E-state index contributed by atoms with van der Waals surface area (Å²) in [6.45, 7) is 0.311. The predicted octanol–water partition coefficient (Wildman–Crippen LogP) is -0.553. The third-order valence-corrected chi connectivity index (χ3v) is 0.888. The zero-order valence-electron chi connectivity index (χ0n) is 5.95. The van der Waals surface area contributed by atoms with Gasteiger partial charge in [-0.25, -0.2) is 0 Å². The van der Waals surface area contributed by atoms with E-state index < -0.39 is 0 Å². The van der Waals surface area contributed by atoms with Gasteiger partial charge in [-0.3, -0.25) is 9.59 Å². The maximum atomic E-state index is 10.6. The monoisotopic (exact) mass is 155 g/mol. The molecule has 0 heterocycles. The summed E-state index contributed by atoms with van der Waals surface area (Å²) < 4.78 is 0. The minimum Gasteiger partial charge on any atom is -0.352 e. The van der Waals surface area contributed by atoms with Crippen LogP contribution in [0.25, 0.3) is 0 Å². The summed E-state index contributed by atoms with van der Waals surface area (Å²) in [5.74, 6) is -0.362. The van der Waals surface area contributed by atoms with Crippen LogP contribution in [0.1, 0.15) is 6.42 Å². The van der Waals surface area contributed by atoms with Crippen molar-refractivity contribution in [1.29, 1.82) is 0 Å². The third kappa shape index (κ3) is 6.44. The zero-order valence-corrected chi connectivity index (χ0v) is 5.95. The third-order valence-electron chi connectivity index (χ3n) is 0.888. The molecule has 0 aromatic carbocycles. The molecule has 0 fully saturated rings. The minimum atomic E-state index is -0.362. The number of carbonyl (C=O) groups is 3. The lowest BCUT2D eigenvalue weighted by atomic mass is 10.4. The Balaban J connectivity index is 3.44. The smallest absolute Gasteiger partial charge is 0.244 e. The molecule has 0 aliphatic heterocycles. The quantitative estimate of drug-likeness (QED) is 0.329. The summed E-state index contributed by atoms with van der Waals surface area (Å²) in [7, 11) is 0. The van der Waals surface area contributed by atoms with Gasteiger partial charge in [0.1, 0.15) is 12.6 Å². The number of hydrogen-bond acceptors (Lipinski definition) is 3. The first-order valence-electron chi connectivity index (χ1n) is 3.14. The second-order valence-corrected chi connectivity index (χ2v) is 1.74. The van der Waals surface area contributed by atoms with Crippen LogP contribution in [-0.4, -0.2) is 25.0 Å². The van der Waals surface area contributed by atoms with Crippen molar-refractivity contribution >= 4 is 18.5 Å². The fourth-order valence-corrected chi connectivity index (χ4v) is 0.440. The van der Waals surface area contributed by atoms with Crippen molar-refractivity contribution in [3.05, 3.63) is 12.2 Å². The molecular formula is C7H9NO3. The van der Waals surface area contributed by atoms with Crippen LogP contribution in [0.5, 0.6) is 0 Å². The van der Waals surface area contributed by atoms with E-state index in [4.69, 9.17) is 0 Å². The van der Waals surface area contributed by atoms with E-state index in [1.165, 1.54) is 0 Å². The van der Waals surface area contributed by atoms with Crippen LogP contribution in [0.15, 0.2) is 12.2 Å². The van der Waals surface area contributed by atoms with Crippen LogP contribution < -0.4 is 5.32 Å². The van der Waals surface area contributed by atoms with Gasteiger partial charge in [-0.15, -0.1) is 0 Å². The van der Waals surface area contributed by atoms with Gasteiger partial charge in [0.15, 0.2) is 0 Å². The van der Waals surface area contributed by atoms with Gasteiger partial charge in [-0.1, -0.05) is 0 Å². The highest BCUT2D eigenvalue weighted by Crippen LogP contribution is 1.72. The molecule has 0 unspecified atom stereocenters. The maximum absolute atomic E-state index is 10.6. The number of nitrogens with one attached hydrogen (secondary N) is 1. The van der Waals surface area contributed by atoms with E-state index in [9.17, 15) is 14.4 Å². The van der Waals surface area contributed by atoms with Crippen molar-refractivity contribution in [2.45, 2.75) is 6.42 Å². The summed E-state index contributed by atoms with van der Waals surface area (Å²) in [4.78, 5) is 30.1. The Hall–Kier alpha value is -1.45. The first-order valence-corrected chi connectivity index (χ1v) is 3.14. The molecule has 60 valence electrons. The average molecular weight is 155 g/mol. The highest BCUT2D eigenvalue weighted by molar-refractivity contribution is 5.90. The summed E-state index contributed by atoms with van der Waals surface area (Å²) in [6.07, 6.45) is 3.72. The van der Waals surface area contributed by atoms with Crippen LogP contribution in [0.3, 0.4) is 0 Å². The van der Waals surface area contributed by atoms with Gasteiger partial charge in [0, 0.05) is 19.0 Å². The van der Waals surface area contributed by atoms with Crippen molar-refractivity contribution < 1.29 is 14.4 Å². The maximum Gasteiger partial charge on any atom is 0.244 e. The molecule has 0 spiro atoms. The van der Waals surface area contributed by atoms with Crippen molar-refractivity contribution in [1.82, 2.24) is 5.32 Å². The topological polar surface area (TPSA) is 63.2 Å². The molecular weight excluding hydrogens is 146 g/mol. The van der Waals surface area contributed by atoms with Gasteiger partial charge in [0.05, 0.1) is 0 Å². The first-order chi connectivity index (χ1) is 5.31. The number of hydrogen-bond donors (Lipinski definition) is 1. The lowest BCUT2D eigenvalue weighted by molar-refractivity contribution is -0.116. The molecule has 0 aliphatic rings. The fourth-order valence-electron chi connectivity index (χ4n) is 0.440.